The van der Waals surface area contributed by atoms with Crippen LogP contribution in [0.4, 0.5) is 4.79 Å². The highest BCUT2D eigenvalue weighted by Crippen LogP contribution is 2.31. The lowest BCUT2D eigenvalue weighted by molar-refractivity contribution is 0.125. The van der Waals surface area contributed by atoms with E-state index in [9.17, 15) is 4.79 Å². The van der Waals surface area contributed by atoms with Crippen molar-refractivity contribution in [2.24, 2.45) is 5.92 Å². The molecule has 1 N–H and O–H groups in total. The van der Waals surface area contributed by atoms with Crippen molar-refractivity contribution in [3.05, 3.63) is 29.3 Å². The number of rotatable bonds is 7. The molecule has 3 fully saturated rings. The van der Waals surface area contributed by atoms with Crippen LogP contribution in [0.1, 0.15) is 19.3 Å². The first-order valence-electron chi connectivity index (χ1n) is 10.6. The summed E-state index contributed by atoms with van der Waals surface area (Å²) in [6.07, 6.45) is 3.95. The number of hydrogen-bond donors (Lipinski definition) is 1. The van der Waals surface area contributed by atoms with Crippen LogP contribution < -0.4 is 10.1 Å². The number of nitrogens with one attached hydrogen (secondary N) is 1. The van der Waals surface area contributed by atoms with E-state index in [1.54, 1.807) is 0 Å². The number of halogens is 1. The van der Waals surface area contributed by atoms with E-state index in [1.165, 1.54) is 25.8 Å². The Morgan fingerprint density at radius 2 is 1.89 bits per heavy atom. The topological polar surface area (TPSA) is 48.1 Å². The third kappa shape index (κ3) is 5.31. The lowest BCUT2D eigenvalue weighted by Gasteiger charge is -2.34. The number of likely N-dealkylation sites (tertiary alicyclic amines) is 1. The van der Waals surface area contributed by atoms with E-state index in [2.05, 4.69) is 15.1 Å². The Bertz CT molecular complexity index is 662. The average Bonchev–Trinajstić information content (AvgIpc) is 3.46. The number of amides is 2. The molecule has 1 aromatic rings. The zero-order valence-electron chi connectivity index (χ0n) is 16.5. The Morgan fingerprint density at radius 1 is 1.11 bits per heavy atom. The maximum atomic E-state index is 12.5. The smallest absolute Gasteiger partial charge is 0.317 e. The normalized spacial score (nSPS) is 23.8. The molecule has 1 aliphatic carbocycles. The van der Waals surface area contributed by atoms with Gasteiger partial charge in [-0.2, -0.15) is 0 Å². The number of carbonyl (C=O) groups is 1. The minimum atomic E-state index is 0.0943. The molecule has 7 heteroatoms. The summed E-state index contributed by atoms with van der Waals surface area (Å²) in [4.78, 5) is 19.3. The molecule has 0 bridgehead atoms. The van der Waals surface area contributed by atoms with E-state index in [-0.39, 0.29) is 6.03 Å². The van der Waals surface area contributed by atoms with Crippen molar-refractivity contribution in [1.29, 1.82) is 0 Å². The molecule has 2 aliphatic heterocycles. The second-order valence-corrected chi connectivity index (χ2v) is 8.58. The number of carbonyl (C=O) groups excluding carboxylic acids is 1. The zero-order valence-corrected chi connectivity index (χ0v) is 17.2. The second kappa shape index (κ2) is 9.33. The first-order valence-corrected chi connectivity index (χ1v) is 10.9. The molecule has 0 aromatic heterocycles. The molecule has 2 saturated heterocycles. The van der Waals surface area contributed by atoms with E-state index in [0.29, 0.717) is 17.5 Å². The molecule has 0 spiro atoms. The summed E-state index contributed by atoms with van der Waals surface area (Å²) >= 11 is 6.11. The van der Waals surface area contributed by atoms with Crippen LogP contribution in [0.15, 0.2) is 24.3 Å². The Labute approximate surface area is 172 Å². The van der Waals surface area contributed by atoms with Gasteiger partial charge in [0, 0.05) is 51.9 Å². The summed E-state index contributed by atoms with van der Waals surface area (Å²) in [6, 6.07) is 8.48. The molecule has 4 rings (SSSR count). The van der Waals surface area contributed by atoms with E-state index in [0.717, 1.165) is 57.6 Å². The monoisotopic (exact) mass is 406 g/mol. The third-order valence-electron chi connectivity index (χ3n) is 6.08. The molecule has 2 heterocycles. The first-order chi connectivity index (χ1) is 13.7. The van der Waals surface area contributed by atoms with Crippen LogP contribution >= 0.6 is 11.6 Å². The van der Waals surface area contributed by atoms with Gasteiger partial charge in [-0.3, -0.25) is 4.90 Å². The number of ether oxygens (including phenoxy) is 1. The standard InChI is InChI=1S/C21H31ClN4O2/c22-19-3-1-2-4-20(19)28-14-13-24-9-11-25(12-10-24)21(27)23-15-17-7-8-26(16-17)18-5-6-18/h1-4,17-18H,5-16H2,(H,23,27). The predicted molar refractivity (Wildman–Crippen MR) is 111 cm³/mol. The van der Waals surface area contributed by atoms with Crippen LogP contribution in [0.2, 0.25) is 5.02 Å². The fraction of sp³-hybridized carbons (Fsp3) is 0.667. The quantitative estimate of drug-likeness (QED) is 0.756. The van der Waals surface area contributed by atoms with Gasteiger partial charge in [0.05, 0.1) is 5.02 Å². The Morgan fingerprint density at radius 3 is 2.64 bits per heavy atom. The van der Waals surface area contributed by atoms with Crippen LogP contribution in [0.5, 0.6) is 5.75 Å². The Kier molecular flexibility index (Phi) is 6.60. The molecule has 28 heavy (non-hydrogen) atoms. The summed E-state index contributed by atoms with van der Waals surface area (Å²) in [5.74, 6) is 1.35. The zero-order chi connectivity index (χ0) is 19.3. The van der Waals surface area contributed by atoms with Crippen LogP contribution in [0, 0.1) is 5.92 Å². The van der Waals surface area contributed by atoms with Crippen molar-refractivity contribution in [3.63, 3.8) is 0 Å². The lowest BCUT2D eigenvalue weighted by Crippen LogP contribution is -2.52. The highest BCUT2D eigenvalue weighted by atomic mass is 35.5. The maximum absolute atomic E-state index is 12.5. The molecule has 154 valence electrons. The van der Waals surface area contributed by atoms with Crippen molar-refractivity contribution < 1.29 is 9.53 Å². The minimum Gasteiger partial charge on any atom is -0.491 e. The number of nitrogens with zero attached hydrogens (tertiary/aromatic N) is 3. The van der Waals surface area contributed by atoms with Gasteiger partial charge >= 0.3 is 6.03 Å². The molecule has 1 aromatic carbocycles. The molecule has 1 saturated carbocycles. The fourth-order valence-electron chi connectivity index (χ4n) is 4.17. The lowest BCUT2D eigenvalue weighted by atomic mass is 10.1. The van der Waals surface area contributed by atoms with Gasteiger partial charge in [0.1, 0.15) is 12.4 Å². The van der Waals surface area contributed by atoms with Crippen molar-refractivity contribution >= 4 is 17.6 Å². The van der Waals surface area contributed by atoms with Gasteiger partial charge in [0.15, 0.2) is 0 Å². The Balaban J connectivity index is 1.10. The summed E-state index contributed by atoms with van der Waals surface area (Å²) in [7, 11) is 0. The summed E-state index contributed by atoms with van der Waals surface area (Å²) < 4.78 is 5.77. The number of benzene rings is 1. The van der Waals surface area contributed by atoms with E-state index < -0.39 is 0 Å². The molecule has 0 radical (unpaired) electrons. The van der Waals surface area contributed by atoms with E-state index in [4.69, 9.17) is 16.3 Å². The van der Waals surface area contributed by atoms with Crippen LogP contribution in [0.3, 0.4) is 0 Å². The highest BCUT2D eigenvalue weighted by Gasteiger charge is 2.34. The molecule has 2 amide bonds. The van der Waals surface area contributed by atoms with Crippen molar-refractivity contribution in [1.82, 2.24) is 20.0 Å². The largest absolute Gasteiger partial charge is 0.491 e. The van der Waals surface area contributed by atoms with E-state index >= 15 is 0 Å². The van der Waals surface area contributed by atoms with Crippen LogP contribution in [-0.4, -0.2) is 85.7 Å². The number of piperazine rings is 1. The molecule has 1 atom stereocenters. The van der Waals surface area contributed by atoms with Gasteiger partial charge in [-0.1, -0.05) is 23.7 Å². The fourth-order valence-corrected chi connectivity index (χ4v) is 4.36. The summed E-state index contributed by atoms with van der Waals surface area (Å²) in [5, 5.41) is 3.81. The molecule has 3 aliphatic rings. The number of para-hydroxylation sites is 1. The first kappa shape index (κ1) is 19.8. The number of urea groups is 1. The molecular formula is C21H31ClN4O2. The van der Waals surface area contributed by atoms with Crippen molar-refractivity contribution in [2.45, 2.75) is 25.3 Å². The predicted octanol–water partition coefficient (Wildman–Crippen LogP) is 2.53. The van der Waals surface area contributed by atoms with Crippen LogP contribution in [0.25, 0.3) is 0 Å². The van der Waals surface area contributed by atoms with Gasteiger partial charge in [0.2, 0.25) is 0 Å². The molecule has 1 unspecified atom stereocenters. The minimum absolute atomic E-state index is 0.0943. The summed E-state index contributed by atoms with van der Waals surface area (Å²) in [6.45, 7) is 7.96. The van der Waals surface area contributed by atoms with Crippen molar-refractivity contribution in [2.75, 3.05) is 59.0 Å². The van der Waals surface area contributed by atoms with Gasteiger partial charge < -0.3 is 19.9 Å². The highest BCUT2D eigenvalue weighted by molar-refractivity contribution is 6.32. The third-order valence-corrected chi connectivity index (χ3v) is 6.40. The maximum Gasteiger partial charge on any atom is 0.317 e. The molecule has 6 nitrogen and oxygen atoms in total. The van der Waals surface area contributed by atoms with Crippen LogP contribution in [-0.2, 0) is 0 Å². The summed E-state index contributed by atoms with van der Waals surface area (Å²) in [5.41, 5.74) is 0. The number of hydrogen-bond acceptors (Lipinski definition) is 4. The van der Waals surface area contributed by atoms with Gasteiger partial charge in [0.25, 0.3) is 0 Å². The Hall–Kier alpha value is -1.50. The molecular weight excluding hydrogens is 376 g/mol. The second-order valence-electron chi connectivity index (χ2n) is 8.17. The van der Waals surface area contributed by atoms with Gasteiger partial charge in [-0.05, 0) is 43.9 Å². The van der Waals surface area contributed by atoms with Crippen molar-refractivity contribution in [3.8, 4) is 5.75 Å². The van der Waals surface area contributed by atoms with Gasteiger partial charge in [-0.15, -0.1) is 0 Å². The average molecular weight is 407 g/mol. The van der Waals surface area contributed by atoms with Gasteiger partial charge in [-0.25, -0.2) is 4.79 Å². The SMILES string of the molecule is O=C(NCC1CCN(C2CC2)C1)N1CCN(CCOc2ccccc2Cl)CC1. The van der Waals surface area contributed by atoms with E-state index in [1.807, 2.05) is 29.2 Å².